The summed E-state index contributed by atoms with van der Waals surface area (Å²) in [4.78, 5) is 19.8. The molecule has 1 saturated heterocycles. The van der Waals surface area contributed by atoms with Crippen molar-refractivity contribution in [1.29, 1.82) is 0 Å². The highest BCUT2D eigenvalue weighted by Crippen LogP contribution is 2.12. The second-order valence-corrected chi connectivity index (χ2v) is 4.96. The Balaban J connectivity index is 1.54. The molecule has 0 aliphatic carbocycles. The summed E-state index contributed by atoms with van der Waals surface area (Å²) < 4.78 is 10.8. The van der Waals surface area contributed by atoms with Gasteiger partial charge in [0.2, 0.25) is 0 Å². The molecule has 0 bridgehead atoms. The highest BCUT2D eigenvalue weighted by atomic mass is 16.5. The van der Waals surface area contributed by atoms with E-state index in [0.717, 1.165) is 38.4 Å². The van der Waals surface area contributed by atoms with Gasteiger partial charge in [-0.2, -0.15) is 0 Å². The van der Waals surface area contributed by atoms with E-state index in [1.54, 1.807) is 6.20 Å². The summed E-state index contributed by atoms with van der Waals surface area (Å²) in [6.45, 7) is 5.47. The van der Waals surface area contributed by atoms with Gasteiger partial charge in [-0.15, -0.1) is 0 Å². The molecular formula is C14H21N3O3. The van der Waals surface area contributed by atoms with Crippen LogP contribution in [0.5, 0.6) is 0 Å². The van der Waals surface area contributed by atoms with Crippen molar-refractivity contribution >= 4 is 5.91 Å². The first kappa shape index (κ1) is 14.9. The van der Waals surface area contributed by atoms with Gasteiger partial charge >= 0.3 is 0 Å². The molecule has 1 N–H and O–H groups in total. The second-order valence-electron chi connectivity index (χ2n) is 4.96. The average Bonchev–Trinajstić information content (AvgIpc) is 2.96. The molecule has 1 aliphatic heterocycles. The quantitative estimate of drug-likeness (QED) is 0.753. The van der Waals surface area contributed by atoms with Crippen LogP contribution in [-0.2, 0) is 9.47 Å². The molecule has 1 aromatic rings. The first-order valence-corrected chi connectivity index (χ1v) is 6.98. The number of amides is 1. The molecule has 0 aromatic carbocycles. The molecule has 0 radical (unpaired) electrons. The Labute approximate surface area is 118 Å². The van der Waals surface area contributed by atoms with Crippen LogP contribution >= 0.6 is 0 Å². The van der Waals surface area contributed by atoms with Crippen LogP contribution in [0.3, 0.4) is 0 Å². The lowest BCUT2D eigenvalue weighted by Crippen LogP contribution is -2.26. The number of hydrogen-bond donors (Lipinski definition) is 1. The van der Waals surface area contributed by atoms with Crippen LogP contribution in [0.15, 0.2) is 12.4 Å². The van der Waals surface area contributed by atoms with Crippen LogP contribution in [0.4, 0.5) is 0 Å². The fraction of sp³-hybridized carbons (Fsp3) is 0.643. The van der Waals surface area contributed by atoms with Gasteiger partial charge in [-0.3, -0.25) is 9.78 Å². The molecular weight excluding hydrogens is 258 g/mol. The predicted molar refractivity (Wildman–Crippen MR) is 73.5 cm³/mol. The molecule has 1 unspecified atom stereocenters. The van der Waals surface area contributed by atoms with E-state index in [4.69, 9.17) is 9.47 Å². The Morgan fingerprint density at radius 3 is 3.10 bits per heavy atom. The largest absolute Gasteiger partial charge is 0.381 e. The summed E-state index contributed by atoms with van der Waals surface area (Å²) in [5, 5.41) is 2.80. The molecule has 1 amide bonds. The van der Waals surface area contributed by atoms with Crippen molar-refractivity contribution in [1.82, 2.24) is 15.3 Å². The normalized spacial score (nSPS) is 18.1. The van der Waals surface area contributed by atoms with Crippen LogP contribution in [0.25, 0.3) is 0 Å². The molecule has 1 aromatic heterocycles. The van der Waals surface area contributed by atoms with E-state index in [9.17, 15) is 4.79 Å². The molecule has 2 rings (SSSR count). The van der Waals surface area contributed by atoms with Gasteiger partial charge in [0.15, 0.2) is 0 Å². The fourth-order valence-electron chi connectivity index (χ4n) is 1.94. The number of ether oxygens (including phenoxy) is 2. The molecule has 1 atom stereocenters. The van der Waals surface area contributed by atoms with Crippen molar-refractivity contribution in [3.8, 4) is 0 Å². The van der Waals surface area contributed by atoms with E-state index in [2.05, 4.69) is 15.3 Å². The monoisotopic (exact) mass is 279 g/mol. The summed E-state index contributed by atoms with van der Waals surface area (Å²) in [6.07, 6.45) is 4.95. The van der Waals surface area contributed by atoms with E-state index in [-0.39, 0.29) is 5.91 Å². The minimum atomic E-state index is -0.193. The molecule has 1 fully saturated rings. The maximum atomic E-state index is 11.7. The predicted octanol–water partition coefficient (Wildman–Crippen LogP) is 0.958. The zero-order chi connectivity index (χ0) is 14.2. The van der Waals surface area contributed by atoms with Crippen LogP contribution < -0.4 is 5.32 Å². The molecule has 6 heteroatoms. The minimum Gasteiger partial charge on any atom is -0.381 e. The van der Waals surface area contributed by atoms with E-state index in [1.807, 2.05) is 6.92 Å². The van der Waals surface area contributed by atoms with Crippen molar-refractivity contribution in [2.75, 3.05) is 33.0 Å². The third kappa shape index (κ3) is 4.86. The number of aryl methyl sites for hydroxylation is 1. The first-order valence-electron chi connectivity index (χ1n) is 6.98. The van der Waals surface area contributed by atoms with Crippen molar-refractivity contribution in [2.24, 2.45) is 5.92 Å². The van der Waals surface area contributed by atoms with Gasteiger partial charge in [0.05, 0.1) is 25.1 Å². The summed E-state index contributed by atoms with van der Waals surface area (Å²) in [6, 6.07) is 0. The third-order valence-corrected chi connectivity index (χ3v) is 3.14. The van der Waals surface area contributed by atoms with Gasteiger partial charge in [0.25, 0.3) is 5.91 Å². The van der Waals surface area contributed by atoms with Gasteiger partial charge in [-0.25, -0.2) is 4.98 Å². The van der Waals surface area contributed by atoms with Crippen molar-refractivity contribution in [3.05, 3.63) is 23.8 Å². The molecule has 6 nitrogen and oxygen atoms in total. The van der Waals surface area contributed by atoms with Gasteiger partial charge in [-0.05, 0) is 19.8 Å². The van der Waals surface area contributed by atoms with Crippen molar-refractivity contribution < 1.29 is 14.3 Å². The summed E-state index contributed by atoms with van der Waals surface area (Å²) >= 11 is 0. The summed E-state index contributed by atoms with van der Waals surface area (Å²) in [7, 11) is 0. The number of aromatic nitrogens is 2. The van der Waals surface area contributed by atoms with Crippen LogP contribution in [0.2, 0.25) is 0 Å². The zero-order valence-electron chi connectivity index (χ0n) is 11.8. The Morgan fingerprint density at radius 2 is 2.40 bits per heavy atom. The van der Waals surface area contributed by atoms with Gasteiger partial charge < -0.3 is 14.8 Å². The van der Waals surface area contributed by atoms with E-state index in [1.165, 1.54) is 6.20 Å². The summed E-state index contributed by atoms with van der Waals surface area (Å²) in [5.74, 6) is 0.342. The number of carbonyl (C=O) groups is 1. The minimum absolute atomic E-state index is 0.193. The maximum absolute atomic E-state index is 11.7. The highest BCUT2D eigenvalue weighted by Gasteiger charge is 2.15. The lowest BCUT2D eigenvalue weighted by molar-refractivity contribution is 0.0852. The Morgan fingerprint density at radius 1 is 1.50 bits per heavy atom. The van der Waals surface area contributed by atoms with Crippen molar-refractivity contribution in [2.45, 2.75) is 19.8 Å². The Bertz CT molecular complexity index is 416. The average molecular weight is 279 g/mol. The summed E-state index contributed by atoms with van der Waals surface area (Å²) in [5.41, 5.74) is 1.14. The Hall–Kier alpha value is -1.53. The zero-order valence-corrected chi connectivity index (χ0v) is 11.8. The first-order chi connectivity index (χ1) is 9.75. The van der Waals surface area contributed by atoms with Crippen LogP contribution in [0.1, 0.15) is 29.0 Å². The second kappa shape index (κ2) is 7.91. The van der Waals surface area contributed by atoms with E-state index < -0.39 is 0 Å². The molecule has 2 heterocycles. The lowest BCUT2D eigenvalue weighted by Gasteiger charge is -2.09. The lowest BCUT2D eigenvalue weighted by atomic mass is 10.1. The van der Waals surface area contributed by atoms with Gasteiger partial charge in [0, 0.05) is 31.9 Å². The molecule has 1 aliphatic rings. The smallest absolute Gasteiger partial charge is 0.271 e. The number of rotatable bonds is 7. The molecule has 20 heavy (non-hydrogen) atoms. The number of carbonyl (C=O) groups excluding carboxylic acids is 1. The molecule has 0 saturated carbocycles. The van der Waals surface area contributed by atoms with Crippen LogP contribution in [0, 0.1) is 12.8 Å². The topological polar surface area (TPSA) is 73.3 Å². The number of nitrogens with one attached hydrogen (secondary N) is 1. The van der Waals surface area contributed by atoms with E-state index in [0.29, 0.717) is 24.8 Å². The SMILES string of the molecule is Cc1cnc(C(=O)NCCCOCC2CCOC2)cn1. The van der Waals surface area contributed by atoms with E-state index >= 15 is 0 Å². The van der Waals surface area contributed by atoms with Gasteiger partial charge in [0.1, 0.15) is 5.69 Å². The Kier molecular flexibility index (Phi) is 5.88. The molecule has 110 valence electrons. The molecule has 0 spiro atoms. The van der Waals surface area contributed by atoms with Crippen molar-refractivity contribution in [3.63, 3.8) is 0 Å². The maximum Gasteiger partial charge on any atom is 0.271 e. The third-order valence-electron chi connectivity index (χ3n) is 3.14. The fourth-order valence-corrected chi connectivity index (χ4v) is 1.94. The van der Waals surface area contributed by atoms with Crippen LogP contribution in [-0.4, -0.2) is 48.8 Å². The standard InChI is InChI=1S/C14H21N3O3/c1-11-7-17-13(8-16-11)14(18)15-4-2-5-19-9-12-3-6-20-10-12/h7-8,12H,2-6,9-10H2,1H3,(H,15,18). The highest BCUT2D eigenvalue weighted by molar-refractivity contribution is 5.91. The number of hydrogen-bond acceptors (Lipinski definition) is 5. The van der Waals surface area contributed by atoms with Gasteiger partial charge in [-0.1, -0.05) is 0 Å². The number of nitrogens with zero attached hydrogens (tertiary/aromatic N) is 2.